The Hall–Kier alpha value is -4.58. The van der Waals surface area contributed by atoms with Crippen molar-refractivity contribution in [2.75, 3.05) is 0 Å². The van der Waals surface area contributed by atoms with Crippen molar-refractivity contribution in [3.63, 3.8) is 0 Å². The molecule has 6 aromatic heterocycles. The fourth-order valence-electron chi connectivity index (χ4n) is 3.09. The molecule has 0 saturated heterocycles. The molecule has 0 amide bonds. The van der Waals surface area contributed by atoms with Gasteiger partial charge in [0.15, 0.2) is 0 Å². The van der Waals surface area contributed by atoms with Crippen LogP contribution >= 0.6 is 0 Å². The SMILES string of the molecule is [Fe+2].c1ccc(-c2ccccn2)nc1.c1ccc(-c2ccccn2)nc1.c1ccc(-c2ccccn2)nc1. The molecule has 0 bridgehead atoms. The average Bonchev–Trinajstić information content (AvgIpc) is 3.01. The summed E-state index contributed by atoms with van der Waals surface area (Å²) in [5.74, 6) is 0. The molecule has 0 aliphatic carbocycles. The van der Waals surface area contributed by atoms with E-state index in [1.165, 1.54) is 0 Å². The van der Waals surface area contributed by atoms with Crippen molar-refractivity contribution in [3.8, 4) is 34.2 Å². The van der Waals surface area contributed by atoms with Crippen molar-refractivity contribution in [1.82, 2.24) is 29.9 Å². The number of rotatable bonds is 3. The first-order valence-corrected chi connectivity index (χ1v) is 11.4. The zero-order chi connectivity index (χ0) is 24.7. The zero-order valence-electron chi connectivity index (χ0n) is 19.9. The van der Waals surface area contributed by atoms with Crippen molar-refractivity contribution in [3.05, 3.63) is 146 Å². The minimum Gasteiger partial charge on any atom is -0.255 e. The summed E-state index contributed by atoms with van der Waals surface area (Å²) in [4.78, 5) is 25.1. The van der Waals surface area contributed by atoms with Crippen LogP contribution in [0, 0.1) is 0 Å². The Balaban J connectivity index is 0.000000152. The summed E-state index contributed by atoms with van der Waals surface area (Å²) < 4.78 is 0. The van der Waals surface area contributed by atoms with Gasteiger partial charge in [-0.25, -0.2) is 0 Å². The molecule has 0 aliphatic heterocycles. The van der Waals surface area contributed by atoms with Gasteiger partial charge in [-0.2, -0.15) is 0 Å². The molecular weight excluding hydrogens is 500 g/mol. The fourth-order valence-corrected chi connectivity index (χ4v) is 3.09. The smallest absolute Gasteiger partial charge is 0.255 e. The van der Waals surface area contributed by atoms with Crippen LogP contribution in [0.25, 0.3) is 34.2 Å². The van der Waals surface area contributed by atoms with Crippen LogP contribution in [0.15, 0.2) is 146 Å². The van der Waals surface area contributed by atoms with E-state index >= 15 is 0 Å². The van der Waals surface area contributed by atoms with Crippen molar-refractivity contribution in [2.45, 2.75) is 0 Å². The van der Waals surface area contributed by atoms with E-state index in [9.17, 15) is 0 Å². The van der Waals surface area contributed by atoms with Crippen LogP contribution in [-0.4, -0.2) is 29.9 Å². The second kappa shape index (κ2) is 15.4. The minimum absolute atomic E-state index is 0. The Morgan fingerprint density at radius 3 is 0.514 bits per heavy atom. The quantitative estimate of drug-likeness (QED) is 0.249. The molecule has 7 heteroatoms. The van der Waals surface area contributed by atoms with Crippen LogP contribution < -0.4 is 0 Å². The largest absolute Gasteiger partial charge is 2.00 e. The maximum Gasteiger partial charge on any atom is 2.00 e. The van der Waals surface area contributed by atoms with Crippen LogP contribution in [-0.2, 0) is 17.1 Å². The van der Waals surface area contributed by atoms with Gasteiger partial charge >= 0.3 is 17.1 Å². The van der Waals surface area contributed by atoms with Gasteiger partial charge in [-0.05, 0) is 72.8 Å². The first kappa shape index (κ1) is 27.0. The number of aromatic nitrogens is 6. The molecule has 6 nitrogen and oxygen atoms in total. The Morgan fingerprint density at radius 1 is 0.243 bits per heavy atom. The monoisotopic (exact) mass is 524 g/mol. The molecule has 0 radical (unpaired) electrons. The molecule has 6 heterocycles. The molecule has 37 heavy (non-hydrogen) atoms. The maximum absolute atomic E-state index is 4.19. The van der Waals surface area contributed by atoms with E-state index in [1.807, 2.05) is 109 Å². The Labute approximate surface area is 227 Å². The minimum atomic E-state index is 0. The van der Waals surface area contributed by atoms with Gasteiger partial charge in [0, 0.05) is 37.2 Å². The van der Waals surface area contributed by atoms with Crippen LogP contribution in [0.2, 0.25) is 0 Å². The Morgan fingerprint density at radius 2 is 0.405 bits per heavy atom. The van der Waals surface area contributed by atoms with Crippen molar-refractivity contribution >= 4 is 0 Å². The number of hydrogen-bond acceptors (Lipinski definition) is 6. The van der Waals surface area contributed by atoms with Gasteiger partial charge in [-0.3, -0.25) is 29.9 Å². The van der Waals surface area contributed by atoms with Gasteiger partial charge in [0.1, 0.15) is 0 Å². The van der Waals surface area contributed by atoms with Crippen LogP contribution in [0.5, 0.6) is 0 Å². The van der Waals surface area contributed by atoms with Gasteiger partial charge in [0.2, 0.25) is 0 Å². The van der Waals surface area contributed by atoms with Gasteiger partial charge in [-0.1, -0.05) is 36.4 Å². The molecule has 0 aliphatic rings. The van der Waals surface area contributed by atoms with Crippen LogP contribution in [0.3, 0.4) is 0 Å². The third-order valence-electron chi connectivity index (χ3n) is 4.78. The van der Waals surface area contributed by atoms with E-state index in [-0.39, 0.29) is 17.1 Å². The maximum atomic E-state index is 4.19. The molecule has 6 rings (SSSR count). The van der Waals surface area contributed by atoms with Crippen molar-refractivity contribution in [2.24, 2.45) is 0 Å². The third kappa shape index (κ3) is 8.85. The molecule has 180 valence electrons. The van der Waals surface area contributed by atoms with E-state index in [2.05, 4.69) is 29.9 Å². The van der Waals surface area contributed by atoms with E-state index in [4.69, 9.17) is 0 Å². The van der Waals surface area contributed by atoms with Gasteiger partial charge in [0.05, 0.1) is 34.2 Å². The second-order valence-corrected chi connectivity index (χ2v) is 7.29. The predicted molar refractivity (Wildman–Crippen MR) is 142 cm³/mol. The summed E-state index contributed by atoms with van der Waals surface area (Å²) in [5.41, 5.74) is 5.49. The van der Waals surface area contributed by atoms with E-state index in [0.29, 0.717) is 0 Å². The van der Waals surface area contributed by atoms with Crippen molar-refractivity contribution in [1.29, 1.82) is 0 Å². The van der Waals surface area contributed by atoms with Crippen LogP contribution in [0.4, 0.5) is 0 Å². The van der Waals surface area contributed by atoms with E-state index < -0.39 is 0 Å². The fraction of sp³-hybridized carbons (Fsp3) is 0. The molecule has 6 aromatic rings. The average molecular weight is 524 g/mol. The summed E-state index contributed by atoms with van der Waals surface area (Å²) in [7, 11) is 0. The molecule has 0 fully saturated rings. The summed E-state index contributed by atoms with van der Waals surface area (Å²) in [6, 6.07) is 34.8. The second-order valence-electron chi connectivity index (χ2n) is 7.29. The molecule has 0 N–H and O–H groups in total. The zero-order valence-corrected chi connectivity index (χ0v) is 21.0. The van der Waals surface area contributed by atoms with Gasteiger partial charge in [0.25, 0.3) is 0 Å². The predicted octanol–water partition coefficient (Wildman–Crippen LogP) is 6.43. The normalized spacial score (nSPS) is 9.41. The molecule has 0 spiro atoms. The molecule has 0 unspecified atom stereocenters. The standard InChI is InChI=1S/3C10H8N2.Fe/c3*1-3-7-11-9(5-1)10-6-2-4-8-12-10;/h3*1-8H;/q;;;+2. The van der Waals surface area contributed by atoms with E-state index in [0.717, 1.165) is 34.2 Å². The number of nitrogens with zero attached hydrogens (tertiary/aromatic N) is 6. The van der Waals surface area contributed by atoms with Crippen LogP contribution in [0.1, 0.15) is 0 Å². The van der Waals surface area contributed by atoms with Gasteiger partial charge < -0.3 is 0 Å². The molecule has 0 saturated carbocycles. The number of pyridine rings is 6. The molecular formula is C30H24FeN6+2. The Kier molecular flexibility index (Phi) is 11.3. The first-order chi connectivity index (χ1) is 17.9. The summed E-state index contributed by atoms with van der Waals surface area (Å²) in [6.45, 7) is 0. The first-order valence-electron chi connectivity index (χ1n) is 11.4. The third-order valence-corrected chi connectivity index (χ3v) is 4.78. The summed E-state index contributed by atoms with van der Waals surface area (Å²) in [5, 5.41) is 0. The topological polar surface area (TPSA) is 77.3 Å². The number of hydrogen-bond donors (Lipinski definition) is 0. The van der Waals surface area contributed by atoms with E-state index in [1.54, 1.807) is 37.2 Å². The molecule has 0 atom stereocenters. The van der Waals surface area contributed by atoms with Crippen molar-refractivity contribution < 1.29 is 17.1 Å². The summed E-state index contributed by atoms with van der Waals surface area (Å²) >= 11 is 0. The summed E-state index contributed by atoms with van der Waals surface area (Å²) in [6.07, 6.45) is 10.6. The van der Waals surface area contributed by atoms with Gasteiger partial charge in [-0.15, -0.1) is 0 Å². The Bertz CT molecular complexity index is 1100. The molecule has 0 aromatic carbocycles.